The lowest BCUT2D eigenvalue weighted by molar-refractivity contribution is 0.415. The molecule has 1 aliphatic carbocycles. The lowest BCUT2D eigenvalue weighted by Gasteiger charge is -2.15. The monoisotopic (exact) mass is 340 g/mol. The van der Waals surface area contributed by atoms with Gasteiger partial charge in [0, 0.05) is 48.3 Å². The number of aromatic nitrogens is 3. The van der Waals surface area contributed by atoms with Gasteiger partial charge in [0.2, 0.25) is 0 Å². The standard InChI is InChI=1S/C18H17ClN4O/c1-20-17-12(9-21-15-7-5-13(19)16(15)17)18-11-8-10(24-3)4-6-14(11)22-23(18)2/h4-6,8-9H,7H2,1-3H3,(H,20,21). The number of pyridine rings is 1. The number of benzene rings is 1. The minimum atomic E-state index is 0.743. The number of methoxy groups -OCH3 is 1. The van der Waals surface area contributed by atoms with Gasteiger partial charge in [0.15, 0.2) is 0 Å². The summed E-state index contributed by atoms with van der Waals surface area (Å²) in [6.07, 6.45) is 4.65. The van der Waals surface area contributed by atoms with E-state index in [0.717, 1.165) is 56.3 Å². The van der Waals surface area contributed by atoms with Crippen LogP contribution in [0, 0.1) is 0 Å². The van der Waals surface area contributed by atoms with Crippen molar-refractivity contribution in [3.8, 4) is 17.0 Å². The number of halogens is 1. The molecule has 0 amide bonds. The molecule has 0 fully saturated rings. The molecule has 0 saturated heterocycles. The van der Waals surface area contributed by atoms with Crippen molar-refractivity contribution in [2.24, 2.45) is 7.05 Å². The Hall–Kier alpha value is -2.53. The van der Waals surface area contributed by atoms with Crippen LogP contribution in [-0.2, 0) is 13.5 Å². The Kier molecular flexibility index (Phi) is 3.46. The van der Waals surface area contributed by atoms with Gasteiger partial charge in [0.1, 0.15) is 5.75 Å². The van der Waals surface area contributed by atoms with Crippen LogP contribution in [0.4, 0.5) is 5.69 Å². The zero-order valence-electron chi connectivity index (χ0n) is 13.7. The normalized spacial score (nSPS) is 13.1. The first-order valence-corrected chi connectivity index (χ1v) is 8.08. The van der Waals surface area contributed by atoms with Crippen LogP contribution in [0.25, 0.3) is 27.2 Å². The number of hydrogen-bond donors (Lipinski definition) is 1. The molecule has 5 nitrogen and oxygen atoms in total. The minimum Gasteiger partial charge on any atom is -0.497 e. The van der Waals surface area contributed by atoms with Crippen LogP contribution in [0.3, 0.4) is 0 Å². The first kappa shape index (κ1) is 15.0. The molecule has 0 aliphatic heterocycles. The van der Waals surface area contributed by atoms with Gasteiger partial charge >= 0.3 is 0 Å². The highest BCUT2D eigenvalue weighted by Gasteiger charge is 2.23. The highest BCUT2D eigenvalue weighted by Crippen LogP contribution is 2.42. The van der Waals surface area contributed by atoms with Gasteiger partial charge in [-0.3, -0.25) is 9.67 Å². The Labute approximate surface area is 144 Å². The third-order valence-electron chi connectivity index (χ3n) is 4.42. The van der Waals surface area contributed by atoms with Crippen LogP contribution in [0.1, 0.15) is 11.3 Å². The quantitative estimate of drug-likeness (QED) is 0.787. The summed E-state index contributed by atoms with van der Waals surface area (Å²) in [4.78, 5) is 4.62. The van der Waals surface area contributed by atoms with E-state index in [1.165, 1.54) is 0 Å². The molecule has 2 aromatic heterocycles. The van der Waals surface area contributed by atoms with E-state index in [9.17, 15) is 0 Å². The molecule has 4 rings (SSSR count). The van der Waals surface area contributed by atoms with Crippen molar-refractivity contribution in [3.05, 3.63) is 41.7 Å². The molecule has 3 aromatic rings. The maximum absolute atomic E-state index is 6.40. The van der Waals surface area contributed by atoms with Crippen LogP contribution in [0.5, 0.6) is 5.75 Å². The van der Waals surface area contributed by atoms with Crippen molar-refractivity contribution >= 4 is 33.2 Å². The van der Waals surface area contributed by atoms with Gasteiger partial charge in [0.05, 0.1) is 29.7 Å². The van der Waals surface area contributed by atoms with Crippen molar-refractivity contribution in [1.29, 1.82) is 0 Å². The molecule has 0 radical (unpaired) electrons. The summed E-state index contributed by atoms with van der Waals surface area (Å²) in [6.45, 7) is 0. The predicted molar refractivity (Wildman–Crippen MR) is 97.6 cm³/mol. The van der Waals surface area contributed by atoms with Crippen molar-refractivity contribution < 1.29 is 4.74 Å². The Morgan fingerprint density at radius 1 is 1.33 bits per heavy atom. The molecule has 1 N–H and O–H groups in total. The number of allylic oxidation sites excluding steroid dienone is 1. The molecule has 122 valence electrons. The number of hydrogen-bond acceptors (Lipinski definition) is 4. The van der Waals surface area contributed by atoms with Gasteiger partial charge in [0.25, 0.3) is 0 Å². The fourth-order valence-electron chi connectivity index (χ4n) is 3.31. The maximum Gasteiger partial charge on any atom is 0.119 e. The second-order valence-corrected chi connectivity index (χ2v) is 6.14. The van der Waals surface area contributed by atoms with Gasteiger partial charge in [-0.15, -0.1) is 0 Å². The average Bonchev–Trinajstić information content (AvgIpc) is 3.13. The van der Waals surface area contributed by atoms with Gasteiger partial charge in [-0.2, -0.15) is 5.10 Å². The van der Waals surface area contributed by atoms with E-state index in [-0.39, 0.29) is 0 Å². The third-order valence-corrected chi connectivity index (χ3v) is 4.76. The van der Waals surface area contributed by atoms with Gasteiger partial charge in [-0.25, -0.2) is 0 Å². The number of ether oxygens (including phenoxy) is 1. The smallest absolute Gasteiger partial charge is 0.119 e. The van der Waals surface area contributed by atoms with Crippen LogP contribution >= 0.6 is 11.6 Å². The molecule has 0 bridgehead atoms. The van der Waals surface area contributed by atoms with Crippen molar-refractivity contribution in [2.45, 2.75) is 6.42 Å². The summed E-state index contributed by atoms with van der Waals surface area (Å²) in [5, 5.41) is 9.67. The van der Waals surface area contributed by atoms with E-state index < -0.39 is 0 Å². The number of rotatable bonds is 3. The molecule has 0 spiro atoms. The summed E-state index contributed by atoms with van der Waals surface area (Å²) in [5.74, 6) is 0.801. The largest absolute Gasteiger partial charge is 0.497 e. The molecular weight excluding hydrogens is 324 g/mol. The van der Waals surface area contributed by atoms with Gasteiger partial charge in [-0.05, 0) is 18.2 Å². The first-order valence-electron chi connectivity index (χ1n) is 7.70. The fourth-order valence-corrected chi connectivity index (χ4v) is 3.60. The molecule has 2 heterocycles. The minimum absolute atomic E-state index is 0.743. The van der Waals surface area contributed by atoms with Crippen molar-refractivity contribution in [1.82, 2.24) is 14.8 Å². The molecule has 0 unspecified atom stereocenters. The SMILES string of the molecule is CNc1c(-c2c3cc(OC)ccc3nn2C)cnc2c1C(Cl)=CC2. The topological polar surface area (TPSA) is 52.0 Å². The summed E-state index contributed by atoms with van der Waals surface area (Å²) in [7, 11) is 5.50. The molecule has 0 saturated carbocycles. The van der Waals surface area contributed by atoms with Crippen molar-refractivity contribution in [3.63, 3.8) is 0 Å². The molecule has 1 aromatic carbocycles. The Bertz CT molecular complexity index is 990. The zero-order chi connectivity index (χ0) is 16.8. The lowest BCUT2D eigenvalue weighted by Crippen LogP contribution is -2.03. The van der Waals surface area contributed by atoms with E-state index in [0.29, 0.717) is 0 Å². The number of aryl methyl sites for hydroxylation is 1. The second kappa shape index (κ2) is 5.53. The summed E-state index contributed by atoms with van der Waals surface area (Å²) < 4.78 is 7.25. The first-order chi connectivity index (χ1) is 11.6. The number of nitrogens with one attached hydrogen (secondary N) is 1. The van der Waals surface area contributed by atoms with E-state index in [2.05, 4.69) is 15.4 Å². The third kappa shape index (κ3) is 2.08. The second-order valence-electron chi connectivity index (χ2n) is 5.73. The molecule has 0 atom stereocenters. The lowest BCUT2D eigenvalue weighted by atomic mass is 10.0. The van der Waals surface area contributed by atoms with Crippen LogP contribution < -0.4 is 10.1 Å². The molecule has 24 heavy (non-hydrogen) atoms. The molecular formula is C18H17ClN4O. The molecule has 1 aliphatic rings. The van der Waals surface area contributed by atoms with E-state index in [4.69, 9.17) is 16.3 Å². The number of fused-ring (bicyclic) bond motifs is 2. The highest BCUT2D eigenvalue weighted by atomic mass is 35.5. The number of anilines is 1. The molecule has 6 heteroatoms. The highest BCUT2D eigenvalue weighted by molar-refractivity contribution is 6.50. The fraction of sp³-hybridized carbons (Fsp3) is 0.222. The van der Waals surface area contributed by atoms with E-state index >= 15 is 0 Å². The van der Waals surface area contributed by atoms with Crippen LogP contribution in [0.15, 0.2) is 30.5 Å². The van der Waals surface area contributed by atoms with Crippen LogP contribution in [0.2, 0.25) is 0 Å². The number of nitrogens with zero attached hydrogens (tertiary/aromatic N) is 3. The Morgan fingerprint density at radius 2 is 2.17 bits per heavy atom. The average molecular weight is 341 g/mol. The van der Waals surface area contributed by atoms with Crippen molar-refractivity contribution in [2.75, 3.05) is 19.5 Å². The summed E-state index contributed by atoms with van der Waals surface area (Å²) in [6, 6.07) is 5.88. The zero-order valence-corrected chi connectivity index (χ0v) is 14.5. The summed E-state index contributed by atoms with van der Waals surface area (Å²) in [5.41, 5.74) is 5.83. The van der Waals surface area contributed by atoms with Crippen LogP contribution in [-0.4, -0.2) is 28.9 Å². The van der Waals surface area contributed by atoms with Gasteiger partial charge in [-0.1, -0.05) is 17.7 Å². The Balaban J connectivity index is 2.04. The van der Waals surface area contributed by atoms with Gasteiger partial charge < -0.3 is 10.1 Å². The predicted octanol–water partition coefficient (Wildman–Crippen LogP) is 3.82. The Morgan fingerprint density at radius 3 is 2.92 bits per heavy atom. The van der Waals surface area contributed by atoms with E-state index in [1.54, 1.807) is 7.11 Å². The maximum atomic E-state index is 6.40. The van der Waals surface area contributed by atoms with E-state index in [1.807, 2.05) is 49.2 Å². The summed E-state index contributed by atoms with van der Waals surface area (Å²) >= 11 is 6.40.